The van der Waals surface area contributed by atoms with Crippen LogP contribution in [0, 0.1) is 0 Å². The summed E-state index contributed by atoms with van der Waals surface area (Å²) in [5, 5.41) is 17.4. The summed E-state index contributed by atoms with van der Waals surface area (Å²) in [6.07, 6.45) is 0.418. The Bertz CT molecular complexity index is 111. The zero-order valence-electron chi connectivity index (χ0n) is 5.72. The average Bonchev–Trinajstić information content (AvgIpc) is 1.63. The van der Waals surface area contributed by atoms with Crippen LogP contribution in [-0.4, -0.2) is 47.0 Å². The van der Waals surface area contributed by atoms with E-state index in [-0.39, 0.29) is 6.42 Å². The van der Waals surface area contributed by atoms with Gasteiger partial charge in [0.05, 0.1) is 0 Å². The van der Waals surface area contributed by atoms with Crippen molar-refractivity contribution >= 4 is 33.9 Å². The fourth-order valence-electron chi connectivity index (χ4n) is 0.451. The van der Waals surface area contributed by atoms with Crippen molar-refractivity contribution in [2.24, 2.45) is 0 Å². The topological polar surface area (TPSA) is 57.5 Å². The quantitative estimate of drug-likeness (QED) is 0.530. The zero-order chi connectivity index (χ0) is 7.49. The molecule has 0 aliphatic carbocycles. The SMILES string of the molecule is CC[C](O)([Na])CC(=O)O. The number of hydrogen-bond acceptors (Lipinski definition) is 2. The Morgan fingerprint density at radius 3 is 2.33 bits per heavy atom. The third-order valence-corrected chi connectivity index (χ3v) is 2.35. The number of aliphatic carboxylic acids is 1. The van der Waals surface area contributed by atoms with Gasteiger partial charge in [0.2, 0.25) is 0 Å². The molecule has 0 fully saturated rings. The van der Waals surface area contributed by atoms with Crippen molar-refractivity contribution in [3.05, 3.63) is 0 Å². The van der Waals surface area contributed by atoms with Gasteiger partial charge in [-0.1, -0.05) is 0 Å². The van der Waals surface area contributed by atoms with Gasteiger partial charge in [0, 0.05) is 0 Å². The van der Waals surface area contributed by atoms with Gasteiger partial charge in [-0.2, -0.15) is 0 Å². The van der Waals surface area contributed by atoms with E-state index in [4.69, 9.17) is 5.11 Å². The summed E-state index contributed by atoms with van der Waals surface area (Å²) in [5.41, 5.74) is 0. The minimum absolute atomic E-state index is 0.115. The van der Waals surface area contributed by atoms with Gasteiger partial charge in [-0.25, -0.2) is 0 Å². The van der Waals surface area contributed by atoms with Crippen molar-refractivity contribution in [1.82, 2.24) is 0 Å². The molecule has 1 unspecified atom stereocenters. The molecule has 0 saturated carbocycles. The van der Waals surface area contributed by atoms with Crippen LogP contribution < -0.4 is 0 Å². The summed E-state index contributed by atoms with van der Waals surface area (Å²) in [6.45, 7) is 1.79. The molecule has 4 heteroatoms. The molecule has 0 aromatic rings. The van der Waals surface area contributed by atoms with Crippen LogP contribution in [0.2, 0.25) is 0 Å². The van der Waals surface area contributed by atoms with Gasteiger partial charge in [0.1, 0.15) is 0 Å². The Kier molecular flexibility index (Phi) is 3.73. The van der Waals surface area contributed by atoms with Crippen molar-refractivity contribution in [3.63, 3.8) is 0 Å². The molecular weight excluding hydrogens is 131 g/mol. The molecule has 0 rings (SSSR count). The monoisotopic (exact) mass is 140 g/mol. The van der Waals surface area contributed by atoms with Crippen LogP contribution in [0.3, 0.4) is 0 Å². The van der Waals surface area contributed by atoms with Crippen LogP contribution in [0.4, 0.5) is 0 Å². The predicted molar refractivity (Wildman–Crippen MR) is 33.2 cm³/mol. The van der Waals surface area contributed by atoms with Gasteiger partial charge in [0.25, 0.3) is 0 Å². The van der Waals surface area contributed by atoms with Crippen molar-refractivity contribution in [3.8, 4) is 0 Å². The molecule has 9 heavy (non-hydrogen) atoms. The van der Waals surface area contributed by atoms with Crippen LogP contribution in [0.25, 0.3) is 0 Å². The van der Waals surface area contributed by atoms with Crippen LogP contribution in [0.15, 0.2) is 0 Å². The van der Waals surface area contributed by atoms with Crippen molar-refractivity contribution in [2.75, 3.05) is 0 Å². The van der Waals surface area contributed by atoms with E-state index in [0.717, 1.165) is 0 Å². The first-order valence-corrected chi connectivity index (χ1v) is 3.92. The molecule has 0 saturated heterocycles. The molecule has 0 aliphatic rings. The molecule has 3 nitrogen and oxygen atoms in total. The normalized spacial score (nSPS) is 16.9. The fraction of sp³-hybridized carbons (Fsp3) is 0.800. The Morgan fingerprint density at radius 2 is 2.22 bits per heavy atom. The van der Waals surface area contributed by atoms with Gasteiger partial charge in [-0.3, -0.25) is 0 Å². The Balaban J connectivity index is 3.71. The van der Waals surface area contributed by atoms with E-state index in [1.807, 2.05) is 0 Å². The van der Waals surface area contributed by atoms with Gasteiger partial charge in [-0.15, -0.1) is 0 Å². The third-order valence-electron chi connectivity index (χ3n) is 1.29. The molecule has 0 amide bonds. The molecule has 0 bridgehead atoms. The molecule has 0 spiro atoms. The molecular formula is C5H9NaO3. The minimum atomic E-state index is -0.922. The van der Waals surface area contributed by atoms with Crippen molar-refractivity contribution in [2.45, 2.75) is 22.6 Å². The Hall–Kier alpha value is 0.430. The number of rotatable bonds is 3. The maximum atomic E-state index is 10.0. The maximum absolute atomic E-state index is 10.0. The predicted octanol–water partition coefficient (Wildman–Crippen LogP) is -0.272. The zero-order valence-corrected chi connectivity index (χ0v) is 7.72. The second-order valence-electron chi connectivity index (χ2n) is 2.42. The van der Waals surface area contributed by atoms with E-state index in [1.165, 1.54) is 0 Å². The Morgan fingerprint density at radius 1 is 1.78 bits per heavy atom. The van der Waals surface area contributed by atoms with Crippen LogP contribution >= 0.6 is 0 Å². The molecule has 48 valence electrons. The van der Waals surface area contributed by atoms with Gasteiger partial charge in [-0.05, 0) is 0 Å². The number of carbonyl (C=O) groups is 1. The molecule has 0 aliphatic heterocycles. The number of aliphatic hydroxyl groups is 1. The van der Waals surface area contributed by atoms with Gasteiger partial charge in [0.15, 0.2) is 0 Å². The fourth-order valence-corrected chi connectivity index (χ4v) is 0.753. The van der Waals surface area contributed by atoms with Crippen LogP contribution in [0.1, 0.15) is 19.8 Å². The molecule has 2 N–H and O–H groups in total. The second-order valence-corrected chi connectivity index (χ2v) is 4.28. The first-order valence-electron chi connectivity index (χ1n) is 2.92. The van der Waals surface area contributed by atoms with E-state index in [0.29, 0.717) is 34.4 Å². The summed E-state index contributed by atoms with van der Waals surface area (Å²) in [5.74, 6) is -0.922. The van der Waals surface area contributed by atoms with Crippen LogP contribution in [-0.2, 0) is 4.79 Å². The first-order chi connectivity index (χ1) is 3.98. The van der Waals surface area contributed by atoms with Crippen molar-refractivity contribution in [1.29, 1.82) is 0 Å². The first kappa shape index (κ1) is 9.43. The summed E-state index contributed by atoms with van der Waals surface area (Å²) < 4.78 is -0.897. The summed E-state index contributed by atoms with van der Waals surface area (Å²) >= 11 is 0.521. The second kappa shape index (κ2) is 3.56. The van der Waals surface area contributed by atoms with E-state index in [1.54, 1.807) is 6.92 Å². The van der Waals surface area contributed by atoms with Crippen molar-refractivity contribution < 1.29 is 15.0 Å². The van der Waals surface area contributed by atoms with E-state index >= 15 is 0 Å². The molecule has 0 radical (unpaired) electrons. The average molecular weight is 140 g/mol. The number of carboxylic acid groups (broad SMARTS) is 1. The standard InChI is InChI=1S/C5H9O3.Na/c1-2-4(6)3-5(7)8;/h6H,2-3H2,1H3,(H,7,8);. The third kappa shape index (κ3) is 4.90. The molecule has 0 aromatic carbocycles. The van der Waals surface area contributed by atoms with E-state index in [9.17, 15) is 9.90 Å². The summed E-state index contributed by atoms with van der Waals surface area (Å²) in [7, 11) is 0. The summed E-state index contributed by atoms with van der Waals surface area (Å²) in [6, 6.07) is 0. The van der Waals surface area contributed by atoms with E-state index in [2.05, 4.69) is 0 Å². The van der Waals surface area contributed by atoms with Gasteiger partial charge < -0.3 is 0 Å². The van der Waals surface area contributed by atoms with Gasteiger partial charge >= 0.3 is 71.5 Å². The summed E-state index contributed by atoms with van der Waals surface area (Å²) in [4.78, 5) is 10.0. The number of carboxylic acids is 1. The van der Waals surface area contributed by atoms with Crippen LogP contribution in [0.5, 0.6) is 0 Å². The molecule has 0 heterocycles. The Labute approximate surface area is 71.5 Å². The molecule has 0 aromatic heterocycles. The van der Waals surface area contributed by atoms with E-state index < -0.39 is 8.82 Å². The number of hydrogen-bond donors (Lipinski definition) is 2. The molecule has 1 atom stereocenters.